The summed E-state index contributed by atoms with van der Waals surface area (Å²) in [6, 6.07) is 10.7. The molecule has 0 bridgehead atoms. The Morgan fingerprint density at radius 1 is 1.07 bits per heavy atom. The smallest absolute Gasteiger partial charge is 0.307 e. The van der Waals surface area contributed by atoms with E-state index in [1.807, 2.05) is 32.9 Å². The molecule has 1 aromatic heterocycles. The number of nitrogens with one attached hydrogen (secondary N) is 1. The maximum Gasteiger partial charge on any atom is 0.307 e. The molecule has 3 rings (SSSR count). The Hall–Kier alpha value is -3.00. The lowest BCUT2D eigenvalue weighted by Crippen LogP contribution is -2.16. The predicted molar refractivity (Wildman–Crippen MR) is 119 cm³/mol. The highest BCUT2D eigenvalue weighted by molar-refractivity contribution is 9.10. The van der Waals surface area contributed by atoms with Crippen LogP contribution in [0.2, 0.25) is 0 Å². The fourth-order valence-electron chi connectivity index (χ4n) is 2.82. The van der Waals surface area contributed by atoms with Crippen molar-refractivity contribution in [2.75, 3.05) is 19.8 Å². The average Bonchev–Trinajstić information content (AvgIpc) is 3.14. The molecule has 158 valence electrons. The molecule has 0 aliphatic heterocycles. The standard InChI is InChI=1S/C22H23BrN2O5/c1-4-27-16-7-8-18-15(11-16)12-20(30-18)22(26)25-24-13-14-9-17(23)21(29-6-3)19(10-14)28-5-2/h7-13H,4-6H2,1-3H3,(H,25,26)/b24-13+. The molecule has 7 nitrogen and oxygen atoms in total. The third kappa shape index (κ3) is 5.13. The van der Waals surface area contributed by atoms with Gasteiger partial charge in [0, 0.05) is 5.39 Å². The number of nitrogens with zero attached hydrogens (tertiary/aromatic N) is 1. The van der Waals surface area contributed by atoms with Crippen LogP contribution < -0.4 is 19.6 Å². The number of hydrogen-bond acceptors (Lipinski definition) is 6. The van der Waals surface area contributed by atoms with Crippen LogP contribution in [-0.4, -0.2) is 31.9 Å². The third-order valence-electron chi connectivity index (χ3n) is 4.02. The second-order valence-electron chi connectivity index (χ2n) is 6.14. The van der Waals surface area contributed by atoms with Crippen molar-refractivity contribution >= 4 is 39.0 Å². The van der Waals surface area contributed by atoms with Gasteiger partial charge in [0.25, 0.3) is 0 Å². The van der Waals surface area contributed by atoms with Gasteiger partial charge in [-0.15, -0.1) is 0 Å². The van der Waals surface area contributed by atoms with E-state index in [-0.39, 0.29) is 5.76 Å². The molecule has 0 saturated heterocycles. The minimum Gasteiger partial charge on any atom is -0.494 e. The molecule has 0 fully saturated rings. The molecular formula is C22H23BrN2O5. The number of rotatable bonds is 9. The zero-order valence-corrected chi connectivity index (χ0v) is 18.6. The summed E-state index contributed by atoms with van der Waals surface area (Å²) in [4.78, 5) is 12.4. The number of carbonyl (C=O) groups excluding carboxylic acids is 1. The zero-order chi connectivity index (χ0) is 21.5. The largest absolute Gasteiger partial charge is 0.494 e. The van der Waals surface area contributed by atoms with E-state index in [4.69, 9.17) is 18.6 Å². The molecule has 30 heavy (non-hydrogen) atoms. The monoisotopic (exact) mass is 474 g/mol. The van der Waals surface area contributed by atoms with Crippen molar-refractivity contribution in [3.05, 3.63) is 52.2 Å². The minimum absolute atomic E-state index is 0.165. The van der Waals surface area contributed by atoms with Crippen molar-refractivity contribution < 1.29 is 23.4 Å². The van der Waals surface area contributed by atoms with E-state index in [1.165, 1.54) is 6.21 Å². The normalized spacial score (nSPS) is 11.1. The lowest BCUT2D eigenvalue weighted by molar-refractivity contribution is 0.0929. The molecule has 0 radical (unpaired) electrons. The summed E-state index contributed by atoms with van der Waals surface area (Å²) < 4.78 is 23.1. The fourth-order valence-corrected chi connectivity index (χ4v) is 3.39. The number of ether oxygens (including phenoxy) is 3. The van der Waals surface area contributed by atoms with Crippen molar-refractivity contribution in [2.24, 2.45) is 5.10 Å². The minimum atomic E-state index is -0.449. The number of benzene rings is 2. The molecular weight excluding hydrogens is 452 g/mol. The molecule has 1 amide bonds. The van der Waals surface area contributed by atoms with Gasteiger partial charge in [-0.1, -0.05) is 0 Å². The number of hydrazone groups is 1. The van der Waals surface area contributed by atoms with Gasteiger partial charge in [0.15, 0.2) is 17.3 Å². The highest BCUT2D eigenvalue weighted by atomic mass is 79.9. The quantitative estimate of drug-likeness (QED) is 0.342. The lowest BCUT2D eigenvalue weighted by atomic mass is 10.2. The van der Waals surface area contributed by atoms with Gasteiger partial charge in [-0.2, -0.15) is 5.10 Å². The van der Waals surface area contributed by atoms with Crippen LogP contribution in [0.1, 0.15) is 36.9 Å². The number of fused-ring (bicyclic) bond motifs is 1. The van der Waals surface area contributed by atoms with Crippen LogP contribution in [-0.2, 0) is 0 Å². The van der Waals surface area contributed by atoms with Gasteiger partial charge < -0.3 is 18.6 Å². The molecule has 8 heteroatoms. The van der Waals surface area contributed by atoms with Crippen LogP contribution in [0.4, 0.5) is 0 Å². The maximum absolute atomic E-state index is 12.4. The molecule has 0 aliphatic carbocycles. The van der Waals surface area contributed by atoms with Gasteiger partial charge in [0.05, 0.1) is 30.5 Å². The summed E-state index contributed by atoms with van der Waals surface area (Å²) >= 11 is 3.48. The van der Waals surface area contributed by atoms with Crippen LogP contribution in [0.15, 0.2) is 50.4 Å². The topological polar surface area (TPSA) is 82.3 Å². The molecule has 0 aliphatic rings. The van der Waals surface area contributed by atoms with Crippen molar-refractivity contribution in [1.29, 1.82) is 0 Å². The van der Waals surface area contributed by atoms with Crippen molar-refractivity contribution in [3.63, 3.8) is 0 Å². The molecule has 2 aromatic carbocycles. The number of hydrogen-bond donors (Lipinski definition) is 1. The van der Waals surface area contributed by atoms with Gasteiger partial charge in [-0.25, -0.2) is 5.43 Å². The molecule has 3 aromatic rings. The van der Waals surface area contributed by atoms with E-state index in [1.54, 1.807) is 24.3 Å². The first-order valence-corrected chi connectivity index (χ1v) is 10.4. The van der Waals surface area contributed by atoms with E-state index in [0.717, 1.165) is 21.2 Å². The average molecular weight is 475 g/mol. The highest BCUT2D eigenvalue weighted by Gasteiger charge is 2.13. The van der Waals surface area contributed by atoms with Crippen LogP contribution >= 0.6 is 15.9 Å². The predicted octanol–water partition coefficient (Wildman–Crippen LogP) is 5.16. The Balaban J connectivity index is 1.73. The Morgan fingerprint density at radius 3 is 2.57 bits per heavy atom. The lowest BCUT2D eigenvalue weighted by Gasteiger charge is -2.13. The summed E-state index contributed by atoms with van der Waals surface area (Å²) in [5.41, 5.74) is 3.81. The number of halogens is 1. The second kappa shape index (κ2) is 10.2. The number of amides is 1. The molecule has 0 unspecified atom stereocenters. The molecule has 0 saturated carbocycles. The van der Waals surface area contributed by atoms with E-state index >= 15 is 0 Å². The third-order valence-corrected chi connectivity index (χ3v) is 4.61. The zero-order valence-electron chi connectivity index (χ0n) is 17.0. The first kappa shape index (κ1) is 21.7. The second-order valence-corrected chi connectivity index (χ2v) is 6.99. The van der Waals surface area contributed by atoms with Gasteiger partial charge in [0.2, 0.25) is 0 Å². The van der Waals surface area contributed by atoms with E-state index in [0.29, 0.717) is 36.9 Å². The SMILES string of the molecule is CCOc1ccc2oc(C(=O)N/N=C/c3cc(Br)c(OCC)c(OCC)c3)cc2c1. The van der Waals surface area contributed by atoms with E-state index < -0.39 is 5.91 Å². The van der Waals surface area contributed by atoms with Crippen LogP contribution in [0, 0.1) is 0 Å². The highest BCUT2D eigenvalue weighted by Crippen LogP contribution is 2.36. The Labute approximate surface area is 183 Å². The molecule has 1 N–H and O–H groups in total. The Bertz CT molecular complexity index is 1060. The molecule has 0 spiro atoms. The summed E-state index contributed by atoms with van der Waals surface area (Å²) in [5.74, 6) is 1.68. The summed E-state index contributed by atoms with van der Waals surface area (Å²) in [7, 11) is 0. The van der Waals surface area contributed by atoms with Crippen LogP contribution in [0.25, 0.3) is 11.0 Å². The number of furan rings is 1. The van der Waals surface area contributed by atoms with Crippen molar-refractivity contribution in [3.8, 4) is 17.2 Å². The molecule has 1 heterocycles. The molecule has 0 atom stereocenters. The first-order chi connectivity index (χ1) is 14.5. The first-order valence-electron chi connectivity index (χ1n) is 9.64. The Morgan fingerprint density at radius 2 is 1.83 bits per heavy atom. The van der Waals surface area contributed by atoms with E-state index in [2.05, 4.69) is 26.5 Å². The summed E-state index contributed by atoms with van der Waals surface area (Å²) in [6.45, 7) is 7.31. The van der Waals surface area contributed by atoms with Crippen molar-refractivity contribution in [2.45, 2.75) is 20.8 Å². The van der Waals surface area contributed by atoms with Gasteiger partial charge >= 0.3 is 5.91 Å². The number of carbonyl (C=O) groups is 1. The maximum atomic E-state index is 12.4. The van der Waals surface area contributed by atoms with Gasteiger partial charge in [-0.3, -0.25) is 4.79 Å². The Kier molecular flexibility index (Phi) is 7.35. The summed E-state index contributed by atoms with van der Waals surface area (Å²) in [5, 5.41) is 4.81. The van der Waals surface area contributed by atoms with Crippen LogP contribution in [0.3, 0.4) is 0 Å². The van der Waals surface area contributed by atoms with Crippen molar-refractivity contribution in [1.82, 2.24) is 5.43 Å². The van der Waals surface area contributed by atoms with Crippen LogP contribution in [0.5, 0.6) is 17.2 Å². The van der Waals surface area contributed by atoms with E-state index in [9.17, 15) is 4.79 Å². The van der Waals surface area contributed by atoms with Gasteiger partial charge in [-0.05, 0) is 78.7 Å². The van der Waals surface area contributed by atoms with Gasteiger partial charge in [0.1, 0.15) is 11.3 Å². The summed E-state index contributed by atoms with van der Waals surface area (Å²) in [6.07, 6.45) is 1.52. The fraction of sp³-hybridized carbons (Fsp3) is 0.273.